The van der Waals surface area contributed by atoms with E-state index in [2.05, 4.69) is 0 Å². The summed E-state index contributed by atoms with van der Waals surface area (Å²) >= 11 is 0. The van der Waals surface area contributed by atoms with Crippen LogP contribution < -0.4 is 5.32 Å². The summed E-state index contributed by atoms with van der Waals surface area (Å²) in [7, 11) is 0. The lowest BCUT2D eigenvalue weighted by atomic mass is 10.1. The van der Waals surface area contributed by atoms with Gasteiger partial charge in [0.15, 0.2) is 11.6 Å². The normalized spacial score (nSPS) is 10.3. The number of anilines is 1. The van der Waals surface area contributed by atoms with Crippen LogP contribution in [0.15, 0.2) is 30.3 Å². The van der Waals surface area contributed by atoms with E-state index in [9.17, 15) is 28.2 Å². The zero-order valence-corrected chi connectivity index (χ0v) is 9.82. The van der Waals surface area contributed by atoms with E-state index in [0.717, 1.165) is 18.2 Å². The number of nitrogens with one attached hydrogen (secondary N) is 1. The average molecular weight is 283 g/mol. The quantitative estimate of drug-likeness (QED) is 0.586. The van der Waals surface area contributed by atoms with E-state index in [-0.39, 0.29) is 17.4 Å². The third-order valence-corrected chi connectivity index (χ3v) is 2.48. The minimum atomic E-state index is -1.39. The second-order valence-electron chi connectivity index (χ2n) is 3.90. The van der Waals surface area contributed by atoms with Crippen molar-refractivity contribution in [1.29, 1.82) is 0 Å². The highest BCUT2D eigenvalue weighted by Crippen LogP contribution is 2.24. The fourth-order valence-corrected chi connectivity index (χ4v) is 1.51. The van der Waals surface area contributed by atoms with E-state index in [0.29, 0.717) is 6.07 Å². The molecule has 0 spiro atoms. The highest BCUT2D eigenvalue weighted by Gasteiger charge is 2.16. The Balaban J connectivity index is 2.32. The van der Waals surface area contributed by atoms with Gasteiger partial charge in [0, 0.05) is 12.1 Å². The first-order valence-electron chi connectivity index (χ1n) is 5.36. The number of amides is 1. The molecule has 2 rings (SSSR count). The summed E-state index contributed by atoms with van der Waals surface area (Å²) in [6.07, 6.45) is 0. The number of hydrogen-bond acceptors (Lipinski definition) is 3. The summed E-state index contributed by atoms with van der Waals surface area (Å²) in [4.78, 5) is 11.8. The minimum absolute atomic E-state index is 0.285. The number of hydrogen-bond donors (Lipinski definition) is 3. The van der Waals surface area contributed by atoms with Crippen molar-refractivity contribution in [1.82, 2.24) is 0 Å². The third-order valence-electron chi connectivity index (χ3n) is 2.48. The molecule has 4 nitrogen and oxygen atoms in total. The Morgan fingerprint density at radius 3 is 2.30 bits per heavy atom. The summed E-state index contributed by atoms with van der Waals surface area (Å²) < 4.78 is 39.1. The number of benzene rings is 2. The maximum Gasteiger partial charge on any atom is 0.259 e. The molecule has 0 fully saturated rings. The fourth-order valence-electron chi connectivity index (χ4n) is 1.51. The molecule has 0 aliphatic rings. The minimum Gasteiger partial charge on any atom is -0.508 e. The van der Waals surface area contributed by atoms with Gasteiger partial charge in [0.05, 0.1) is 11.3 Å². The van der Waals surface area contributed by atoms with E-state index in [4.69, 9.17) is 0 Å². The zero-order valence-electron chi connectivity index (χ0n) is 9.82. The predicted molar refractivity (Wildman–Crippen MR) is 64.0 cm³/mol. The lowest BCUT2D eigenvalue weighted by molar-refractivity contribution is 0.102. The average Bonchev–Trinajstić information content (AvgIpc) is 2.38. The molecule has 0 radical (unpaired) electrons. The monoisotopic (exact) mass is 283 g/mol. The van der Waals surface area contributed by atoms with Gasteiger partial charge in [-0.3, -0.25) is 4.79 Å². The molecule has 20 heavy (non-hydrogen) atoms. The molecule has 0 unspecified atom stereocenters. The van der Waals surface area contributed by atoms with Crippen LogP contribution in [0.5, 0.6) is 11.5 Å². The number of aromatic hydroxyl groups is 2. The molecular weight excluding hydrogens is 275 g/mol. The van der Waals surface area contributed by atoms with E-state index in [1.54, 1.807) is 0 Å². The van der Waals surface area contributed by atoms with Gasteiger partial charge in [0.1, 0.15) is 17.3 Å². The second-order valence-corrected chi connectivity index (χ2v) is 3.90. The molecule has 2 aromatic carbocycles. The summed E-state index contributed by atoms with van der Waals surface area (Å²) in [5, 5.41) is 20.6. The van der Waals surface area contributed by atoms with Crippen LogP contribution in [0.2, 0.25) is 0 Å². The van der Waals surface area contributed by atoms with Gasteiger partial charge >= 0.3 is 0 Å². The lowest BCUT2D eigenvalue weighted by Crippen LogP contribution is -2.13. The van der Waals surface area contributed by atoms with Crippen LogP contribution in [-0.4, -0.2) is 16.1 Å². The number of halogens is 3. The Morgan fingerprint density at radius 2 is 1.60 bits per heavy atom. The van der Waals surface area contributed by atoms with Crippen molar-refractivity contribution in [2.24, 2.45) is 0 Å². The Kier molecular flexibility index (Phi) is 3.51. The van der Waals surface area contributed by atoms with E-state index < -0.39 is 34.8 Å². The Morgan fingerprint density at radius 1 is 0.950 bits per heavy atom. The molecule has 2 aromatic rings. The van der Waals surface area contributed by atoms with Gasteiger partial charge in [0.25, 0.3) is 5.91 Å². The molecule has 0 heterocycles. The highest BCUT2D eigenvalue weighted by molar-refractivity contribution is 6.06. The van der Waals surface area contributed by atoms with Crippen LogP contribution in [-0.2, 0) is 0 Å². The van der Waals surface area contributed by atoms with Crippen LogP contribution in [0, 0.1) is 17.5 Å². The van der Waals surface area contributed by atoms with Crippen molar-refractivity contribution in [3.05, 3.63) is 53.3 Å². The lowest BCUT2D eigenvalue weighted by Gasteiger charge is -2.08. The SMILES string of the molecule is O=C(Nc1cc(F)c(F)cc1F)c1cc(O)ccc1O. The maximum atomic E-state index is 13.4. The molecule has 0 saturated carbocycles. The van der Waals surface area contributed by atoms with Crippen molar-refractivity contribution in [2.45, 2.75) is 0 Å². The standard InChI is InChI=1S/C13H8F3NO3/c14-8-4-10(16)11(5-9(8)15)17-13(20)7-3-6(18)1-2-12(7)19/h1-5,18-19H,(H,17,20). The van der Waals surface area contributed by atoms with E-state index in [1.165, 1.54) is 0 Å². The smallest absolute Gasteiger partial charge is 0.259 e. The summed E-state index contributed by atoms with van der Waals surface area (Å²) in [6, 6.07) is 3.91. The van der Waals surface area contributed by atoms with Crippen molar-refractivity contribution in [2.75, 3.05) is 5.32 Å². The van der Waals surface area contributed by atoms with E-state index in [1.807, 2.05) is 5.32 Å². The zero-order chi connectivity index (χ0) is 14.9. The van der Waals surface area contributed by atoms with Crippen LogP contribution in [0.3, 0.4) is 0 Å². The molecule has 0 atom stereocenters. The Hall–Kier alpha value is -2.70. The van der Waals surface area contributed by atoms with E-state index >= 15 is 0 Å². The van der Waals surface area contributed by atoms with Gasteiger partial charge in [-0.15, -0.1) is 0 Å². The Labute approximate surface area is 111 Å². The van der Waals surface area contributed by atoms with Gasteiger partial charge in [-0.05, 0) is 18.2 Å². The third kappa shape index (κ3) is 2.66. The molecule has 0 saturated heterocycles. The number of rotatable bonds is 2. The molecule has 3 N–H and O–H groups in total. The summed E-state index contributed by atoms with van der Waals surface area (Å²) in [5.41, 5.74) is -0.925. The van der Waals surface area contributed by atoms with Gasteiger partial charge in [0.2, 0.25) is 0 Å². The first-order chi connectivity index (χ1) is 9.38. The highest BCUT2D eigenvalue weighted by atomic mass is 19.2. The molecule has 0 aliphatic heterocycles. The van der Waals surface area contributed by atoms with Crippen LogP contribution in [0.1, 0.15) is 10.4 Å². The summed E-state index contributed by atoms with van der Waals surface area (Å²) in [5.74, 6) is -5.62. The first kappa shape index (κ1) is 13.7. The van der Waals surface area contributed by atoms with Crippen molar-refractivity contribution in [3.63, 3.8) is 0 Å². The number of phenolic OH excluding ortho intramolecular Hbond substituents is 2. The van der Waals surface area contributed by atoms with Crippen LogP contribution in [0.25, 0.3) is 0 Å². The van der Waals surface area contributed by atoms with Crippen molar-refractivity contribution in [3.8, 4) is 11.5 Å². The molecular formula is C13H8F3NO3. The molecule has 1 amide bonds. The molecule has 104 valence electrons. The summed E-state index contributed by atoms with van der Waals surface area (Å²) in [6.45, 7) is 0. The van der Waals surface area contributed by atoms with Crippen molar-refractivity contribution >= 4 is 11.6 Å². The fraction of sp³-hybridized carbons (Fsp3) is 0. The predicted octanol–water partition coefficient (Wildman–Crippen LogP) is 2.77. The Bertz CT molecular complexity index is 689. The second kappa shape index (κ2) is 5.12. The number of carbonyl (C=O) groups is 1. The van der Waals surface area contributed by atoms with Gasteiger partial charge < -0.3 is 15.5 Å². The molecule has 7 heteroatoms. The molecule has 0 aliphatic carbocycles. The van der Waals surface area contributed by atoms with Gasteiger partial charge in [-0.1, -0.05) is 0 Å². The first-order valence-corrected chi connectivity index (χ1v) is 5.36. The van der Waals surface area contributed by atoms with Crippen LogP contribution >= 0.6 is 0 Å². The van der Waals surface area contributed by atoms with Gasteiger partial charge in [-0.2, -0.15) is 0 Å². The maximum absolute atomic E-state index is 13.4. The largest absolute Gasteiger partial charge is 0.508 e. The van der Waals surface area contributed by atoms with Gasteiger partial charge in [-0.25, -0.2) is 13.2 Å². The van der Waals surface area contributed by atoms with Crippen LogP contribution in [0.4, 0.5) is 18.9 Å². The molecule has 0 aromatic heterocycles. The van der Waals surface area contributed by atoms with Crippen molar-refractivity contribution < 1.29 is 28.2 Å². The number of carbonyl (C=O) groups excluding carboxylic acids is 1. The number of phenols is 2. The topological polar surface area (TPSA) is 69.6 Å². The molecule has 0 bridgehead atoms.